The van der Waals surface area contributed by atoms with Crippen LogP contribution in [0, 0.1) is 10.8 Å². The second kappa shape index (κ2) is 14.3. The Bertz CT molecular complexity index is 379. The summed E-state index contributed by atoms with van der Waals surface area (Å²) in [5.74, 6) is 0.180. The number of carbonyl (C=O) groups excluding carboxylic acids is 2. The van der Waals surface area contributed by atoms with Gasteiger partial charge in [-0.3, -0.25) is 9.59 Å². The van der Waals surface area contributed by atoms with E-state index in [9.17, 15) is 9.59 Å². The summed E-state index contributed by atoms with van der Waals surface area (Å²) in [6.45, 7) is 17.9. The summed E-state index contributed by atoms with van der Waals surface area (Å²) in [5.41, 5.74) is -1.05. The van der Waals surface area contributed by atoms with Crippen LogP contribution in [0.4, 0.5) is 0 Å². The molecule has 0 rings (SSSR count). The van der Waals surface area contributed by atoms with Gasteiger partial charge in [-0.1, -0.05) is 41.5 Å². The number of ketones is 1. The fourth-order valence-electron chi connectivity index (χ4n) is 2.23. The van der Waals surface area contributed by atoms with E-state index in [1.807, 2.05) is 55.4 Å². The highest BCUT2D eigenvalue weighted by atomic mass is 16.5. The molecule has 25 heavy (non-hydrogen) atoms. The lowest BCUT2D eigenvalue weighted by Crippen LogP contribution is -2.44. The van der Waals surface area contributed by atoms with Crippen LogP contribution in [0.25, 0.3) is 0 Å². The largest absolute Gasteiger partial charge is 0.380 e. The molecule has 0 saturated carbocycles. The van der Waals surface area contributed by atoms with Gasteiger partial charge in [0.25, 0.3) is 0 Å². The van der Waals surface area contributed by atoms with Crippen molar-refractivity contribution in [2.75, 3.05) is 33.0 Å². The summed E-state index contributed by atoms with van der Waals surface area (Å²) in [4.78, 5) is 24.4. The van der Waals surface area contributed by atoms with Crippen LogP contribution in [0.5, 0.6) is 0 Å². The first-order chi connectivity index (χ1) is 11.8. The summed E-state index contributed by atoms with van der Waals surface area (Å²) in [6, 6.07) is 0. The summed E-state index contributed by atoms with van der Waals surface area (Å²) in [7, 11) is 0. The Morgan fingerprint density at radius 3 is 1.88 bits per heavy atom. The third-order valence-electron chi connectivity index (χ3n) is 4.68. The number of nitrogens with one attached hydrogen (secondary N) is 1. The molecule has 0 spiro atoms. The topological polar surface area (TPSA) is 64.6 Å². The molecule has 0 aromatic rings. The van der Waals surface area contributed by atoms with Crippen molar-refractivity contribution < 1.29 is 20.5 Å². The molecule has 5 nitrogen and oxygen atoms in total. The predicted octanol–water partition coefficient (Wildman–Crippen LogP) is 4.24. The SMILES string of the molecule is CC.CCOCCNC(=O)C(C)(CC)COCC(C)(CC)C(=O)CC.[HH]. The lowest BCUT2D eigenvalue weighted by molar-refractivity contribution is -0.138. The van der Waals surface area contributed by atoms with Crippen LogP contribution < -0.4 is 5.32 Å². The Labute approximate surface area is 156 Å². The van der Waals surface area contributed by atoms with Crippen LogP contribution in [-0.2, 0) is 19.1 Å². The Kier molecular flexibility index (Phi) is 15.0. The van der Waals surface area contributed by atoms with Gasteiger partial charge >= 0.3 is 0 Å². The van der Waals surface area contributed by atoms with Gasteiger partial charge in [-0.2, -0.15) is 0 Å². The van der Waals surface area contributed by atoms with Crippen molar-refractivity contribution in [3.05, 3.63) is 0 Å². The van der Waals surface area contributed by atoms with E-state index in [0.29, 0.717) is 45.8 Å². The van der Waals surface area contributed by atoms with Gasteiger partial charge in [0, 0.05) is 26.4 Å². The van der Waals surface area contributed by atoms with E-state index in [2.05, 4.69) is 5.32 Å². The average Bonchev–Trinajstić information content (AvgIpc) is 2.65. The third-order valence-corrected chi connectivity index (χ3v) is 4.68. The van der Waals surface area contributed by atoms with E-state index in [0.717, 1.165) is 6.42 Å². The van der Waals surface area contributed by atoms with Crippen molar-refractivity contribution in [2.45, 2.75) is 74.7 Å². The molecule has 2 atom stereocenters. The molecule has 0 aliphatic carbocycles. The first kappa shape index (κ1) is 26.3. The molecule has 5 heteroatoms. The van der Waals surface area contributed by atoms with Gasteiger partial charge in [-0.05, 0) is 26.7 Å². The molecule has 0 aromatic heterocycles. The maximum atomic E-state index is 12.4. The standard InChI is InChI=1S/C18H35NO4.C2H6.H2/c1-7-15(20)17(5,8-2)13-23-14-18(6,9-3)16(21)19-11-12-22-10-4;1-2;/h7-14H2,1-6H3,(H,19,21);1-2H3;1H. The zero-order valence-electron chi connectivity index (χ0n) is 17.8. The van der Waals surface area contributed by atoms with E-state index < -0.39 is 10.8 Å². The Balaban J connectivity index is -0.00000170. The number of Topliss-reactive ketones (excluding diaryl/α,β-unsaturated/α-hetero) is 1. The van der Waals surface area contributed by atoms with E-state index in [-0.39, 0.29) is 13.1 Å². The predicted molar refractivity (Wildman–Crippen MR) is 106 cm³/mol. The fourth-order valence-corrected chi connectivity index (χ4v) is 2.23. The second-order valence-corrected chi connectivity index (χ2v) is 6.55. The zero-order chi connectivity index (χ0) is 19.9. The number of hydrogen-bond acceptors (Lipinski definition) is 4. The molecular weight excluding hydrogens is 318 g/mol. The van der Waals surface area contributed by atoms with Crippen molar-refractivity contribution in [1.82, 2.24) is 5.32 Å². The minimum Gasteiger partial charge on any atom is -0.380 e. The quantitative estimate of drug-likeness (QED) is 0.498. The minimum atomic E-state index is -0.587. The van der Waals surface area contributed by atoms with Gasteiger partial charge < -0.3 is 14.8 Å². The Morgan fingerprint density at radius 2 is 1.44 bits per heavy atom. The second-order valence-electron chi connectivity index (χ2n) is 6.55. The highest BCUT2D eigenvalue weighted by Gasteiger charge is 2.34. The van der Waals surface area contributed by atoms with Crippen LogP contribution in [0.3, 0.4) is 0 Å². The highest BCUT2D eigenvalue weighted by Crippen LogP contribution is 2.27. The molecule has 1 N–H and O–H groups in total. The molecule has 0 saturated heterocycles. The van der Waals surface area contributed by atoms with Crippen LogP contribution in [-0.4, -0.2) is 44.7 Å². The monoisotopic (exact) mass is 361 g/mol. The van der Waals surface area contributed by atoms with Crippen molar-refractivity contribution >= 4 is 11.7 Å². The molecule has 0 fully saturated rings. The molecule has 0 aromatic carbocycles. The maximum Gasteiger partial charge on any atom is 0.228 e. The smallest absolute Gasteiger partial charge is 0.228 e. The summed E-state index contributed by atoms with van der Waals surface area (Å²) in [6.07, 6.45) is 1.93. The molecule has 0 aliphatic heterocycles. The molecule has 0 radical (unpaired) electrons. The maximum absolute atomic E-state index is 12.4. The zero-order valence-corrected chi connectivity index (χ0v) is 17.8. The van der Waals surface area contributed by atoms with E-state index in [1.54, 1.807) is 0 Å². The van der Waals surface area contributed by atoms with Gasteiger partial charge in [-0.25, -0.2) is 0 Å². The lowest BCUT2D eigenvalue weighted by Gasteiger charge is -2.31. The van der Waals surface area contributed by atoms with Gasteiger partial charge in [-0.15, -0.1) is 0 Å². The Hall–Kier alpha value is -0.940. The van der Waals surface area contributed by atoms with Gasteiger partial charge in [0.05, 0.1) is 25.2 Å². The van der Waals surface area contributed by atoms with Crippen LogP contribution >= 0.6 is 0 Å². The van der Waals surface area contributed by atoms with Crippen molar-refractivity contribution in [3.8, 4) is 0 Å². The first-order valence-corrected chi connectivity index (χ1v) is 9.76. The number of ether oxygens (including phenoxy) is 2. The summed E-state index contributed by atoms with van der Waals surface area (Å²) < 4.78 is 11.0. The summed E-state index contributed by atoms with van der Waals surface area (Å²) in [5, 5.41) is 2.89. The molecule has 2 unspecified atom stereocenters. The lowest BCUT2D eigenvalue weighted by atomic mass is 9.82. The van der Waals surface area contributed by atoms with Gasteiger partial charge in [0.15, 0.2) is 0 Å². The third kappa shape index (κ3) is 9.36. The van der Waals surface area contributed by atoms with Gasteiger partial charge in [0.2, 0.25) is 5.91 Å². The van der Waals surface area contributed by atoms with Crippen molar-refractivity contribution in [2.24, 2.45) is 10.8 Å². The van der Waals surface area contributed by atoms with Crippen LogP contribution in [0.2, 0.25) is 0 Å². The first-order valence-electron chi connectivity index (χ1n) is 9.76. The molecule has 0 heterocycles. The van der Waals surface area contributed by atoms with Gasteiger partial charge in [0.1, 0.15) is 5.78 Å². The van der Waals surface area contributed by atoms with E-state index in [1.165, 1.54) is 0 Å². The molecular formula is C20H43NO4. The number of amides is 1. The number of rotatable bonds is 13. The van der Waals surface area contributed by atoms with Crippen LogP contribution in [0.15, 0.2) is 0 Å². The average molecular weight is 362 g/mol. The van der Waals surface area contributed by atoms with Crippen LogP contribution in [0.1, 0.15) is 76.1 Å². The highest BCUT2D eigenvalue weighted by molar-refractivity contribution is 5.84. The number of hydrogen-bond donors (Lipinski definition) is 1. The minimum absolute atomic E-state index is 0. The molecule has 0 bridgehead atoms. The summed E-state index contributed by atoms with van der Waals surface area (Å²) >= 11 is 0. The molecule has 152 valence electrons. The molecule has 1 amide bonds. The molecule has 0 aliphatic rings. The van der Waals surface area contributed by atoms with E-state index in [4.69, 9.17) is 9.47 Å². The fraction of sp³-hybridized carbons (Fsp3) is 0.900. The normalized spacial score (nSPS) is 15.4. The van der Waals surface area contributed by atoms with Crippen molar-refractivity contribution in [3.63, 3.8) is 0 Å². The van der Waals surface area contributed by atoms with E-state index >= 15 is 0 Å². The van der Waals surface area contributed by atoms with Crippen molar-refractivity contribution in [1.29, 1.82) is 0 Å². The number of carbonyl (C=O) groups is 2. The Morgan fingerprint density at radius 1 is 0.920 bits per heavy atom.